The standard InChI is InChI=1S/C10H4O4/c11-7-5-1-3-13-9(5)10-6(8(7)12)2-4-14-10/h1-4H. The summed E-state index contributed by atoms with van der Waals surface area (Å²) >= 11 is 0. The fraction of sp³-hybridized carbons (Fsp3) is 0. The number of carbonyl (C=O) groups is 2. The first-order chi connectivity index (χ1) is 6.79. The Morgan fingerprint density at radius 2 is 1.21 bits per heavy atom. The first-order valence-electron chi connectivity index (χ1n) is 4.03. The molecule has 0 fully saturated rings. The zero-order chi connectivity index (χ0) is 9.71. The third-order valence-electron chi connectivity index (χ3n) is 2.23. The van der Waals surface area contributed by atoms with Gasteiger partial charge in [-0.1, -0.05) is 0 Å². The molecule has 0 saturated heterocycles. The molecule has 2 aromatic rings. The number of rotatable bonds is 0. The van der Waals surface area contributed by atoms with Crippen LogP contribution >= 0.6 is 0 Å². The van der Waals surface area contributed by atoms with E-state index in [1.54, 1.807) is 0 Å². The van der Waals surface area contributed by atoms with Crippen LogP contribution in [0.15, 0.2) is 33.5 Å². The number of carbonyl (C=O) groups excluding carboxylic acids is 2. The molecule has 0 amide bonds. The molecular weight excluding hydrogens is 184 g/mol. The van der Waals surface area contributed by atoms with Crippen LogP contribution in [0.1, 0.15) is 20.7 Å². The fourth-order valence-electron chi connectivity index (χ4n) is 1.57. The molecule has 0 aliphatic heterocycles. The molecule has 0 radical (unpaired) electrons. The first-order valence-corrected chi connectivity index (χ1v) is 4.03. The van der Waals surface area contributed by atoms with Crippen molar-refractivity contribution >= 4 is 11.6 Å². The second-order valence-corrected chi connectivity index (χ2v) is 2.99. The lowest BCUT2D eigenvalue weighted by atomic mass is 9.95. The van der Waals surface area contributed by atoms with Gasteiger partial charge in [-0.25, -0.2) is 0 Å². The van der Waals surface area contributed by atoms with Crippen molar-refractivity contribution in [2.24, 2.45) is 0 Å². The van der Waals surface area contributed by atoms with Crippen LogP contribution in [0, 0.1) is 0 Å². The van der Waals surface area contributed by atoms with E-state index >= 15 is 0 Å². The van der Waals surface area contributed by atoms with Crippen LogP contribution in [0.4, 0.5) is 0 Å². The smallest absolute Gasteiger partial charge is 0.237 e. The number of furan rings is 2. The van der Waals surface area contributed by atoms with Gasteiger partial charge in [0.15, 0.2) is 11.5 Å². The maximum Gasteiger partial charge on any atom is 0.237 e. The fourth-order valence-corrected chi connectivity index (χ4v) is 1.57. The van der Waals surface area contributed by atoms with Crippen LogP contribution in [0.2, 0.25) is 0 Å². The van der Waals surface area contributed by atoms with Crippen molar-refractivity contribution in [1.82, 2.24) is 0 Å². The SMILES string of the molecule is O=C1C(=O)c2ccoc2-c2occc21. The Labute approximate surface area is 78.1 Å². The highest BCUT2D eigenvalue weighted by Gasteiger charge is 2.34. The molecule has 1 aliphatic rings. The summed E-state index contributed by atoms with van der Waals surface area (Å²) < 4.78 is 10.2. The average molecular weight is 188 g/mol. The number of hydrogen-bond acceptors (Lipinski definition) is 4. The zero-order valence-corrected chi connectivity index (χ0v) is 6.94. The third kappa shape index (κ3) is 0.682. The highest BCUT2D eigenvalue weighted by Crippen LogP contribution is 2.34. The second-order valence-electron chi connectivity index (χ2n) is 2.99. The first kappa shape index (κ1) is 7.32. The minimum absolute atomic E-state index is 0.275. The molecule has 0 N–H and O–H groups in total. The van der Waals surface area contributed by atoms with Gasteiger partial charge in [0.1, 0.15) is 0 Å². The molecule has 0 atom stereocenters. The van der Waals surface area contributed by atoms with E-state index in [-0.39, 0.29) is 11.1 Å². The Morgan fingerprint density at radius 3 is 1.64 bits per heavy atom. The number of fused-ring (bicyclic) bond motifs is 3. The molecule has 2 aromatic heterocycles. The summed E-state index contributed by atoms with van der Waals surface area (Å²) in [6.45, 7) is 0. The van der Waals surface area contributed by atoms with Crippen LogP contribution < -0.4 is 0 Å². The maximum absolute atomic E-state index is 11.5. The minimum atomic E-state index is -0.539. The maximum atomic E-state index is 11.5. The van der Waals surface area contributed by atoms with Crippen LogP contribution in [0.25, 0.3) is 11.5 Å². The molecule has 4 heteroatoms. The van der Waals surface area contributed by atoms with Gasteiger partial charge in [0, 0.05) is 0 Å². The van der Waals surface area contributed by atoms with Gasteiger partial charge in [-0.2, -0.15) is 0 Å². The van der Waals surface area contributed by atoms with Crippen molar-refractivity contribution in [1.29, 1.82) is 0 Å². The van der Waals surface area contributed by atoms with Crippen molar-refractivity contribution in [2.75, 3.05) is 0 Å². The van der Waals surface area contributed by atoms with E-state index in [1.807, 2.05) is 0 Å². The summed E-state index contributed by atoms with van der Waals surface area (Å²) in [7, 11) is 0. The van der Waals surface area contributed by atoms with Crippen molar-refractivity contribution in [2.45, 2.75) is 0 Å². The van der Waals surface area contributed by atoms with E-state index in [0.717, 1.165) is 0 Å². The second kappa shape index (κ2) is 2.23. The average Bonchev–Trinajstić information content (AvgIpc) is 2.80. The van der Waals surface area contributed by atoms with Crippen LogP contribution in [0.5, 0.6) is 0 Å². The van der Waals surface area contributed by atoms with E-state index in [4.69, 9.17) is 8.83 Å². The predicted octanol–water partition coefficient (Wildman–Crippen LogP) is 1.92. The van der Waals surface area contributed by atoms with Crippen LogP contribution in [0.3, 0.4) is 0 Å². The Bertz CT molecular complexity index is 494. The summed E-state index contributed by atoms with van der Waals surface area (Å²) in [5, 5.41) is 0. The summed E-state index contributed by atoms with van der Waals surface area (Å²) in [5.74, 6) is -0.394. The highest BCUT2D eigenvalue weighted by molar-refractivity contribution is 6.52. The highest BCUT2D eigenvalue weighted by atomic mass is 16.4. The zero-order valence-electron chi connectivity index (χ0n) is 6.94. The summed E-state index contributed by atoms with van der Waals surface area (Å²) in [6.07, 6.45) is 2.74. The molecular formula is C10H4O4. The monoisotopic (exact) mass is 188 g/mol. The number of ketones is 2. The molecule has 3 rings (SSSR count). The van der Waals surface area contributed by atoms with Gasteiger partial charge >= 0.3 is 0 Å². The van der Waals surface area contributed by atoms with Crippen LogP contribution in [-0.2, 0) is 0 Å². The van der Waals surface area contributed by atoms with Gasteiger partial charge in [-0.15, -0.1) is 0 Å². The molecule has 0 saturated carbocycles. The van der Waals surface area contributed by atoms with E-state index in [2.05, 4.69) is 0 Å². The lowest BCUT2D eigenvalue weighted by Crippen LogP contribution is -2.18. The molecule has 1 aliphatic carbocycles. The van der Waals surface area contributed by atoms with E-state index in [9.17, 15) is 9.59 Å². The predicted molar refractivity (Wildman–Crippen MR) is 45.1 cm³/mol. The van der Waals surface area contributed by atoms with E-state index < -0.39 is 11.6 Å². The van der Waals surface area contributed by atoms with Gasteiger partial charge in [0.25, 0.3) is 0 Å². The summed E-state index contributed by atoms with van der Waals surface area (Å²) in [4.78, 5) is 23.0. The molecule has 0 unspecified atom stereocenters. The normalized spacial score (nSPS) is 14.0. The lowest BCUT2D eigenvalue weighted by molar-refractivity contribution is 0.0814. The number of Topliss-reactive ketones (excluding diaryl/α,β-unsaturated/α-hetero) is 2. The Balaban J connectivity index is 2.43. The Kier molecular flexibility index (Phi) is 1.16. The Morgan fingerprint density at radius 1 is 0.786 bits per heavy atom. The molecule has 14 heavy (non-hydrogen) atoms. The molecule has 0 bridgehead atoms. The van der Waals surface area contributed by atoms with Crippen molar-refractivity contribution < 1.29 is 18.4 Å². The largest absolute Gasteiger partial charge is 0.460 e. The van der Waals surface area contributed by atoms with Gasteiger partial charge in [0.05, 0.1) is 23.7 Å². The van der Waals surface area contributed by atoms with Crippen molar-refractivity contribution in [3.05, 3.63) is 35.8 Å². The molecule has 0 aromatic carbocycles. The van der Waals surface area contributed by atoms with Gasteiger partial charge in [-0.05, 0) is 12.1 Å². The van der Waals surface area contributed by atoms with Gasteiger partial charge in [0.2, 0.25) is 11.6 Å². The summed E-state index contributed by atoms with van der Waals surface area (Å²) in [6, 6.07) is 2.95. The van der Waals surface area contributed by atoms with Crippen molar-refractivity contribution in [3.8, 4) is 11.5 Å². The topological polar surface area (TPSA) is 60.4 Å². The third-order valence-corrected chi connectivity index (χ3v) is 2.23. The summed E-state index contributed by atoms with van der Waals surface area (Å²) in [5.41, 5.74) is 0.551. The quantitative estimate of drug-likeness (QED) is 0.592. The molecule has 68 valence electrons. The van der Waals surface area contributed by atoms with Gasteiger partial charge < -0.3 is 8.83 Å². The molecule has 2 heterocycles. The van der Waals surface area contributed by atoms with Crippen molar-refractivity contribution in [3.63, 3.8) is 0 Å². The Hall–Kier alpha value is -2.10. The molecule has 0 spiro atoms. The molecule has 4 nitrogen and oxygen atoms in total. The van der Waals surface area contributed by atoms with E-state index in [0.29, 0.717) is 11.5 Å². The minimum Gasteiger partial charge on any atom is -0.460 e. The van der Waals surface area contributed by atoms with Gasteiger partial charge in [-0.3, -0.25) is 9.59 Å². The lowest BCUT2D eigenvalue weighted by Gasteiger charge is -2.06. The number of hydrogen-bond donors (Lipinski definition) is 0. The van der Waals surface area contributed by atoms with E-state index in [1.165, 1.54) is 24.7 Å². The van der Waals surface area contributed by atoms with Crippen LogP contribution in [-0.4, -0.2) is 11.6 Å².